The number of hydrogen-bond donors (Lipinski definition) is 1. The van der Waals surface area contributed by atoms with Gasteiger partial charge >= 0.3 is 5.97 Å². The number of carbonyl (C=O) groups excluding carboxylic acids is 3. The van der Waals surface area contributed by atoms with E-state index < -0.39 is 11.9 Å². The maximum atomic E-state index is 11.7. The molecule has 0 radical (unpaired) electrons. The average molecular weight is 249 g/mol. The summed E-state index contributed by atoms with van der Waals surface area (Å²) in [5.74, 6) is -1.37. The normalized spacial score (nSPS) is 9.67. The minimum absolute atomic E-state index is 0.252. The quantitative estimate of drug-likeness (QED) is 0.821. The Hall–Kier alpha value is -2.17. The Bertz CT molecular complexity index is 468. The van der Waals surface area contributed by atoms with Gasteiger partial charge in [-0.05, 0) is 24.6 Å². The van der Waals surface area contributed by atoms with Gasteiger partial charge in [0, 0.05) is 12.0 Å². The molecule has 0 saturated carbocycles. The van der Waals surface area contributed by atoms with Gasteiger partial charge in [-0.1, -0.05) is 13.0 Å². The van der Waals surface area contributed by atoms with E-state index in [1.165, 1.54) is 25.3 Å². The molecule has 2 amide bonds. The summed E-state index contributed by atoms with van der Waals surface area (Å²) >= 11 is 0. The van der Waals surface area contributed by atoms with E-state index in [9.17, 15) is 14.4 Å². The molecule has 0 aliphatic rings. The molecule has 1 N–H and O–H groups in total. The van der Waals surface area contributed by atoms with E-state index in [1.807, 2.05) is 6.92 Å². The van der Waals surface area contributed by atoms with Crippen LogP contribution in [0.2, 0.25) is 0 Å². The molecule has 0 spiro atoms. The van der Waals surface area contributed by atoms with E-state index in [-0.39, 0.29) is 17.0 Å². The topological polar surface area (TPSA) is 72.5 Å². The van der Waals surface area contributed by atoms with Crippen LogP contribution in [-0.2, 0) is 9.53 Å². The molecule has 0 aliphatic carbocycles. The first-order valence-electron chi connectivity index (χ1n) is 5.61. The molecule has 0 heterocycles. The van der Waals surface area contributed by atoms with Crippen molar-refractivity contribution in [3.63, 3.8) is 0 Å². The fourth-order valence-electron chi connectivity index (χ4n) is 1.39. The number of methoxy groups -OCH3 is 1. The smallest absolute Gasteiger partial charge is 0.337 e. The van der Waals surface area contributed by atoms with E-state index in [2.05, 4.69) is 10.1 Å². The second kappa shape index (κ2) is 6.54. The van der Waals surface area contributed by atoms with E-state index >= 15 is 0 Å². The monoisotopic (exact) mass is 249 g/mol. The van der Waals surface area contributed by atoms with Crippen LogP contribution in [-0.4, -0.2) is 24.9 Å². The van der Waals surface area contributed by atoms with Crippen molar-refractivity contribution in [1.29, 1.82) is 0 Å². The zero-order valence-corrected chi connectivity index (χ0v) is 10.4. The minimum Gasteiger partial charge on any atom is -0.465 e. The summed E-state index contributed by atoms with van der Waals surface area (Å²) in [5, 5.41) is 2.25. The molecule has 5 heteroatoms. The van der Waals surface area contributed by atoms with Crippen molar-refractivity contribution in [2.75, 3.05) is 7.11 Å². The van der Waals surface area contributed by atoms with Crippen LogP contribution in [0.1, 0.15) is 40.5 Å². The summed E-state index contributed by atoms with van der Waals surface area (Å²) < 4.78 is 4.55. The number of imide groups is 1. The third-order valence-electron chi connectivity index (χ3n) is 2.28. The summed E-state index contributed by atoms with van der Waals surface area (Å²) in [4.78, 5) is 34.3. The van der Waals surface area contributed by atoms with Gasteiger partial charge in [0.05, 0.1) is 12.7 Å². The largest absolute Gasteiger partial charge is 0.465 e. The van der Waals surface area contributed by atoms with Crippen LogP contribution in [0, 0.1) is 0 Å². The summed E-state index contributed by atoms with van der Waals surface area (Å²) in [6, 6.07) is 6.02. The zero-order valence-electron chi connectivity index (χ0n) is 10.4. The molecule has 1 aromatic rings. The van der Waals surface area contributed by atoms with Crippen molar-refractivity contribution in [3.05, 3.63) is 35.4 Å². The van der Waals surface area contributed by atoms with Crippen molar-refractivity contribution in [2.45, 2.75) is 19.8 Å². The first kappa shape index (κ1) is 13.9. The third-order valence-corrected chi connectivity index (χ3v) is 2.28. The number of nitrogens with one attached hydrogen (secondary N) is 1. The molecule has 96 valence electrons. The molecule has 0 saturated heterocycles. The predicted molar refractivity (Wildman–Crippen MR) is 65.2 cm³/mol. The van der Waals surface area contributed by atoms with Crippen LogP contribution in [0.15, 0.2) is 24.3 Å². The van der Waals surface area contributed by atoms with E-state index in [0.29, 0.717) is 12.8 Å². The lowest BCUT2D eigenvalue weighted by Crippen LogP contribution is -2.30. The average Bonchev–Trinajstić information content (AvgIpc) is 2.38. The molecule has 1 aromatic carbocycles. The van der Waals surface area contributed by atoms with E-state index in [1.54, 1.807) is 6.07 Å². The Morgan fingerprint density at radius 1 is 1.22 bits per heavy atom. The Kier molecular flexibility index (Phi) is 5.05. The van der Waals surface area contributed by atoms with E-state index in [0.717, 1.165) is 0 Å². The third kappa shape index (κ3) is 3.69. The first-order chi connectivity index (χ1) is 8.58. The zero-order chi connectivity index (χ0) is 13.5. The fraction of sp³-hybridized carbons (Fsp3) is 0.308. The van der Waals surface area contributed by atoms with Gasteiger partial charge < -0.3 is 4.74 Å². The van der Waals surface area contributed by atoms with Gasteiger partial charge in [0.25, 0.3) is 5.91 Å². The van der Waals surface area contributed by atoms with Crippen LogP contribution < -0.4 is 5.32 Å². The Labute approximate surface area is 105 Å². The van der Waals surface area contributed by atoms with Gasteiger partial charge in [-0.25, -0.2) is 4.79 Å². The lowest BCUT2D eigenvalue weighted by atomic mass is 10.1. The highest BCUT2D eigenvalue weighted by Gasteiger charge is 2.12. The maximum absolute atomic E-state index is 11.7. The van der Waals surface area contributed by atoms with Gasteiger partial charge in [0.2, 0.25) is 5.91 Å². The SMILES string of the molecule is CCCC(=O)NC(=O)c1cccc(C(=O)OC)c1. The highest BCUT2D eigenvalue weighted by atomic mass is 16.5. The molecular formula is C13H15NO4. The van der Waals surface area contributed by atoms with Crippen molar-refractivity contribution >= 4 is 17.8 Å². The minimum atomic E-state index is -0.524. The van der Waals surface area contributed by atoms with Crippen LogP contribution in [0.4, 0.5) is 0 Å². The maximum Gasteiger partial charge on any atom is 0.337 e. The fourth-order valence-corrected chi connectivity index (χ4v) is 1.39. The molecule has 0 atom stereocenters. The van der Waals surface area contributed by atoms with Gasteiger partial charge in [0.1, 0.15) is 0 Å². The number of esters is 1. The number of carbonyl (C=O) groups is 3. The van der Waals surface area contributed by atoms with Crippen LogP contribution >= 0.6 is 0 Å². The Morgan fingerprint density at radius 3 is 2.50 bits per heavy atom. The molecule has 18 heavy (non-hydrogen) atoms. The Balaban J connectivity index is 2.80. The van der Waals surface area contributed by atoms with E-state index in [4.69, 9.17) is 0 Å². The number of ether oxygens (including phenoxy) is 1. The van der Waals surface area contributed by atoms with Gasteiger partial charge in [0.15, 0.2) is 0 Å². The number of benzene rings is 1. The van der Waals surface area contributed by atoms with Gasteiger partial charge in [-0.15, -0.1) is 0 Å². The molecule has 0 fully saturated rings. The second-order valence-electron chi connectivity index (χ2n) is 3.70. The summed E-state index contributed by atoms with van der Waals surface area (Å²) in [5.41, 5.74) is 0.524. The molecule has 0 aromatic heterocycles. The van der Waals surface area contributed by atoms with Crippen molar-refractivity contribution in [2.24, 2.45) is 0 Å². The van der Waals surface area contributed by atoms with Crippen molar-refractivity contribution < 1.29 is 19.1 Å². The molecule has 1 rings (SSSR count). The molecule has 5 nitrogen and oxygen atoms in total. The summed E-state index contributed by atoms with van der Waals surface area (Å²) in [7, 11) is 1.26. The number of hydrogen-bond acceptors (Lipinski definition) is 4. The highest BCUT2D eigenvalue weighted by molar-refractivity contribution is 6.05. The summed E-state index contributed by atoms with van der Waals surface area (Å²) in [6.07, 6.45) is 0.962. The predicted octanol–water partition coefficient (Wildman–Crippen LogP) is 1.53. The van der Waals surface area contributed by atoms with Crippen LogP contribution in [0.5, 0.6) is 0 Å². The second-order valence-corrected chi connectivity index (χ2v) is 3.70. The first-order valence-corrected chi connectivity index (χ1v) is 5.61. The van der Waals surface area contributed by atoms with Crippen molar-refractivity contribution in [1.82, 2.24) is 5.32 Å². The van der Waals surface area contributed by atoms with Crippen LogP contribution in [0.25, 0.3) is 0 Å². The number of amides is 2. The van der Waals surface area contributed by atoms with Crippen molar-refractivity contribution in [3.8, 4) is 0 Å². The molecular weight excluding hydrogens is 234 g/mol. The molecule has 0 unspecified atom stereocenters. The standard InChI is InChI=1S/C13H15NO4/c1-3-5-11(15)14-12(16)9-6-4-7-10(8-9)13(17)18-2/h4,6-8H,3,5H2,1-2H3,(H,14,15,16). The van der Waals surface area contributed by atoms with Gasteiger partial charge in [-0.2, -0.15) is 0 Å². The van der Waals surface area contributed by atoms with Gasteiger partial charge in [-0.3, -0.25) is 14.9 Å². The lowest BCUT2D eigenvalue weighted by molar-refractivity contribution is -0.120. The highest BCUT2D eigenvalue weighted by Crippen LogP contribution is 2.06. The number of rotatable bonds is 4. The summed E-state index contributed by atoms with van der Waals surface area (Å²) in [6.45, 7) is 1.85. The lowest BCUT2D eigenvalue weighted by Gasteiger charge is -2.04. The Morgan fingerprint density at radius 2 is 1.89 bits per heavy atom. The molecule has 0 aliphatic heterocycles. The van der Waals surface area contributed by atoms with Crippen LogP contribution in [0.3, 0.4) is 0 Å². The molecule has 0 bridgehead atoms.